The van der Waals surface area contributed by atoms with Crippen molar-refractivity contribution in [2.45, 2.75) is 39.0 Å². The summed E-state index contributed by atoms with van der Waals surface area (Å²) in [5.41, 5.74) is 0.794. The Morgan fingerprint density at radius 3 is 2.69 bits per heavy atom. The van der Waals surface area contributed by atoms with Crippen molar-refractivity contribution in [1.29, 1.82) is 0 Å². The van der Waals surface area contributed by atoms with Gasteiger partial charge in [0.1, 0.15) is 11.6 Å². The lowest BCUT2D eigenvalue weighted by Crippen LogP contribution is -2.47. The molecule has 0 radical (unpaired) electrons. The largest absolute Gasteiger partial charge is 0.492 e. The molecule has 6 nitrogen and oxygen atoms in total. The van der Waals surface area contributed by atoms with Crippen LogP contribution in [0.2, 0.25) is 0 Å². The Bertz CT molecular complexity index is 931. The number of fused-ring (bicyclic) bond motifs is 1. The Balaban J connectivity index is 1.84. The summed E-state index contributed by atoms with van der Waals surface area (Å²) in [6.07, 6.45) is 0.114. The third-order valence-electron chi connectivity index (χ3n) is 4.53. The van der Waals surface area contributed by atoms with Crippen LogP contribution in [0.1, 0.15) is 36.2 Å². The predicted molar refractivity (Wildman–Crippen MR) is 97.1 cm³/mol. The minimum Gasteiger partial charge on any atom is -0.492 e. The zero-order valence-electron chi connectivity index (χ0n) is 14.9. The van der Waals surface area contributed by atoms with Gasteiger partial charge in [-0.05, 0) is 38.5 Å². The van der Waals surface area contributed by atoms with Crippen LogP contribution in [0.25, 0.3) is 4.96 Å². The number of benzene rings is 1. The molecule has 0 spiro atoms. The fraction of sp³-hybridized carbons (Fsp3) is 0.444. The molecule has 138 valence electrons. The van der Waals surface area contributed by atoms with E-state index in [1.54, 1.807) is 13.0 Å². The average Bonchev–Trinajstić information content (AvgIpc) is 3.05. The molecule has 1 aliphatic heterocycles. The van der Waals surface area contributed by atoms with E-state index in [4.69, 9.17) is 4.74 Å². The van der Waals surface area contributed by atoms with E-state index in [2.05, 4.69) is 15.0 Å². The number of hydrogen-bond acceptors (Lipinski definition) is 6. The van der Waals surface area contributed by atoms with Crippen LogP contribution in [0, 0.1) is 12.7 Å². The van der Waals surface area contributed by atoms with Crippen LogP contribution in [0.5, 0.6) is 5.88 Å². The lowest BCUT2D eigenvalue weighted by atomic mass is 10.0. The Kier molecular flexibility index (Phi) is 4.42. The van der Waals surface area contributed by atoms with Crippen molar-refractivity contribution in [2.24, 2.45) is 0 Å². The van der Waals surface area contributed by atoms with Gasteiger partial charge in [-0.3, -0.25) is 4.90 Å². The zero-order valence-corrected chi connectivity index (χ0v) is 15.7. The van der Waals surface area contributed by atoms with Gasteiger partial charge in [-0.25, -0.2) is 9.37 Å². The zero-order chi connectivity index (χ0) is 18.4. The second kappa shape index (κ2) is 6.61. The van der Waals surface area contributed by atoms with Gasteiger partial charge in [0.25, 0.3) is 0 Å². The van der Waals surface area contributed by atoms with Crippen molar-refractivity contribution in [2.75, 3.05) is 13.1 Å². The van der Waals surface area contributed by atoms with Gasteiger partial charge in [0.2, 0.25) is 10.8 Å². The molecule has 0 saturated carbocycles. The van der Waals surface area contributed by atoms with E-state index >= 15 is 0 Å². The molecular formula is C18H21FN4O2S. The monoisotopic (exact) mass is 376 g/mol. The highest BCUT2D eigenvalue weighted by atomic mass is 32.1. The van der Waals surface area contributed by atoms with Gasteiger partial charge in [0.05, 0.1) is 23.1 Å². The van der Waals surface area contributed by atoms with E-state index in [1.165, 1.54) is 28.0 Å². The Morgan fingerprint density at radius 2 is 2.04 bits per heavy atom. The second-order valence-electron chi connectivity index (χ2n) is 6.81. The molecule has 0 bridgehead atoms. The number of ether oxygens (including phenoxy) is 1. The van der Waals surface area contributed by atoms with Crippen LogP contribution in [-0.4, -0.2) is 49.9 Å². The number of hydrogen-bond donors (Lipinski definition) is 1. The van der Waals surface area contributed by atoms with Crippen LogP contribution >= 0.6 is 11.3 Å². The fourth-order valence-corrected chi connectivity index (χ4v) is 4.82. The van der Waals surface area contributed by atoms with E-state index < -0.39 is 0 Å². The number of aryl methyl sites for hydroxylation is 1. The summed E-state index contributed by atoms with van der Waals surface area (Å²) in [4.78, 5) is 7.93. The van der Waals surface area contributed by atoms with Gasteiger partial charge in [0, 0.05) is 13.1 Å². The molecule has 0 aliphatic carbocycles. The number of halogens is 1. The maximum absolute atomic E-state index is 13.9. The molecule has 3 heterocycles. The maximum Gasteiger partial charge on any atom is 0.230 e. The molecule has 1 aliphatic rings. The highest BCUT2D eigenvalue weighted by Crippen LogP contribution is 2.40. The molecule has 2 aromatic heterocycles. The molecule has 0 amide bonds. The molecule has 3 aromatic rings. The van der Waals surface area contributed by atoms with Gasteiger partial charge >= 0.3 is 0 Å². The summed E-state index contributed by atoms with van der Waals surface area (Å²) in [6, 6.07) is 6.25. The quantitative estimate of drug-likeness (QED) is 0.761. The van der Waals surface area contributed by atoms with Gasteiger partial charge in [0.15, 0.2) is 0 Å². The summed E-state index contributed by atoms with van der Waals surface area (Å²) >= 11 is 1.38. The van der Waals surface area contributed by atoms with E-state index in [9.17, 15) is 9.50 Å². The summed E-state index contributed by atoms with van der Waals surface area (Å²) in [6.45, 7) is 7.22. The number of rotatable bonds is 3. The number of aromatic hydroxyl groups is 1. The SMILES string of the molecule is Cc1nc2sc([C@H](c3cccc(F)c3)N3C[C@@H](C)O[C@@H](C)C3)c(O)n2n1. The van der Waals surface area contributed by atoms with Crippen molar-refractivity contribution < 1.29 is 14.2 Å². The van der Waals surface area contributed by atoms with E-state index in [0.29, 0.717) is 28.8 Å². The Morgan fingerprint density at radius 1 is 1.31 bits per heavy atom. The fourth-order valence-electron chi connectivity index (χ4n) is 3.66. The molecule has 1 fully saturated rings. The summed E-state index contributed by atoms with van der Waals surface area (Å²) in [5, 5.41) is 15.0. The molecule has 26 heavy (non-hydrogen) atoms. The molecule has 1 N–H and O–H groups in total. The minimum atomic E-state index is -0.295. The first-order valence-electron chi connectivity index (χ1n) is 8.62. The second-order valence-corrected chi connectivity index (χ2v) is 7.82. The smallest absolute Gasteiger partial charge is 0.230 e. The summed E-state index contributed by atoms with van der Waals surface area (Å²) in [5.74, 6) is 0.373. The lowest BCUT2D eigenvalue weighted by Gasteiger charge is -2.40. The summed E-state index contributed by atoms with van der Waals surface area (Å²) < 4.78 is 21.2. The lowest BCUT2D eigenvalue weighted by molar-refractivity contribution is -0.0764. The highest BCUT2D eigenvalue weighted by Gasteiger charge is 2.34. The summed E-state index contributed by atoms with van der Waals surface area (Å²) in [7, 11) is 0. The molecular weight excluding hydrogens is 355 g/mol. The third-order valence-corrected chi connectivity index (χ3v) is 5.60. The number of nitrogens with zero attached hydrogens (tertiary/aromatic N) is 4. The Hall–Kier alpha value is -2.03. The molecule has 4 rings (SSSR count). The van der Waals surface area contributed by atoms with Gasteiger partial charge < -0.3 is 9.84 Å². The topological polar surface area (TPSA) is 62.9 Å². The van der Waals surface area contributed by atoms with Crippen molar-refractivity contribution in [3.05, 3.63) is 46.3 Å². The first kappa shape index (κ1) is 17.4. The molecule has 0 unspecified atom stereocenters. The van der Waals surface area contributed by atoms with E-state index in [1.807, 2.05) is 19.9 Å². The molecule has 3 atom stereocenters. The van der Waals surface area contributed by atoms with Gasteiger partial charge in [-0.15, -0.1) is 5.10 Å². The predicted octanol–water partition coefficient (Wildman–Crippen LogP) is 3.14. The number of thiazole rings is 1. The first-order chi connectivity index (χ1) is 12.4. The van der Waals surface area contributed by atoms with E-state index in [0.717, 1.165) is 5.56 Å². The van der Waals surface area contributed by atoms with Crippen LogP contribution in [-0.2, 0) is 4.74 Å². The molecule has 1 aromatic carbocycles. The van der Waals surface area contributed by atoms with Gasteiger partial charge in [-0.1, -0.05) is 23.5 Å². The van der Waals surface area contributed by atoms with Crippen LogP contribution in [0.3, 0.4) is 0 Å². The van der Waals surface area contributed by atoms with Crippen LogP contribution in [0.15, 0.2) is 24.3 Å². The number of morpholine rings is 1. The number of aromatic nitrogens is 3. The van der Waals surface area contributed by atoms with Crippen molar-refractivity contribution >= 4 is 16.3 Å². The van der Waals surface area contributed by atoms with Crippen LogP contribution < -0.4 is 0 Å². The van der Waals surface area contributed by atoms with Crippen LogP contribution in [0.4, 0.5) is 4.39 Å². The third kappa shape index (κ3) is 3.08. The van der Waals surface area contributed by atoms with Crippen molar-refractivity contribution in [1.82, 2.24) is 19.5 Å². The van der Waals surface area contributed by atoms with Gasteiger partial charge in [-0.2, -0.15) is 4.52 Å². The molecule has 8 heteroatoms. The first-order valence-corrected chi connectivity index (χ1v) is 9.44. The molecule has 1 saturated heterocycles. The average molecular weight is 376 g/mol. The standard InChI is InChI=1S/C18H21FN4O2S/c1-10-8-22(9-11(2)25-10)15(13-5-4-6-14(19)7-13)16-17(24)23-18(26-16)20-12(3)21-23/h4-7,10-11,15,24H,8-9H2,1-3H3/t10-,11+,15-/m0/s1. The van der Waals surface area contributed by atoms with Crippen molar-refractivity contribution in [3.8, 4) is 5.88 Å². The van der Waals surface area contributed by atoms with E-state index in [-0.39, 0.29) is 29.9 Å². The highest BCUT2D eigenvalue weighted by molar-refractivity contribution is 7.17. The minimum absolute atomic E-state index is 0.0568. The Labute approximate surface area is 154 Å². The maximum atomic E-state index is 13.9. The van der Waals surface area contributed by atoms with Crippen molar-refractivity contribution in [3.63, 3.8) is 0 Å². The normalized spacial score (nSPS) is 22.8.